The molecule has 1 fully saturated rings. The Morgan fingerprint density at radius 2 is 1.67 bits per heavy atom. The number of rotatable bonds is 6. The average Bonchev–Trinajstić information content (AvgIpc) is 3.12. The summed E-state index contributed by atoms with van der Waals surface area (Å²) >= 11 is 2.14. The zero-order valence-corrected chi connectivity index (χ0v) is 19.9. The molecule has 0 radical (unpaired) electrons. The van der Waals surface area contributed by atoms with E-state index in [2.05, 4.69) is 22.6 Å². The smallest absolute Gasteiger partial charge is 0.257 e. The van der Waals surface area contributed by atoms with Crippen molar-refractivity contribution in [2.24, 2.45) is 0 Å². The summed E-state index contributed by atoms with van der Waals surface area (Å²) in [6.07, 6.45) is -0.131. The van der Waals surface area contributed by atoms with Crippen molar-refractivity contribution >= 4 is 46.0 Å². The summed E-state index contributed by atoms with van der Waals surface area (Å²) in [5.41, 5.74) is 1.46. The van der Waals surface area contributed by atoms with Gasteiger partial charge >= 0.3 is 0 Å². The molecule has 1 atom stereocenters. The highest BCUT2D eigenvalue weighted by atomic mass is 127. The van der Waals surface area contributed by atoms with E-state index in [9.17, 15) is 18.8 Å². The first kappa shape index (κ1) is 22.9. The predicted octanol–water partition coefficient (Wildman–Crippen LogP) is 4.41. The van der Waals surface area contributed by atoms with Crippen molar-refractivity contribution in [2.75, 3.05) is 12.0 Å². The van der Waals surface area contributed by atoms with Gasteiger partial charge in [0.05, 0.1) is 19.2 Å². The minimum Gasteiger partial charge on any atom is -0.497 e. The van der Waals surface area contributed by atoms with E-state index < -0.39 is 23.7 Å². The number of ether oxygens (including phenoxy) is 1. The van der Waals surface area contributed by atoms with E-state index in [0.717, 1.165) is 8.47 Å². The van der Waals surface area contributed by atoms with Crippen LogP contribution in [0.25, 0.3) is 0 Å². The third-order valence-electron chi connectivity index (χ3n) is 5.45. The first-order valence-corrected chi connectivity index (χ1v) is 11.3. The van der Waals surface area contributed by atoms with Crippen molar-refractivity contribution in [3.63, 3.8) is 0 Å². The first-order valence-electron chi connectivity index (χ1n) is 10.2. The molecule has 0 spiro atoms. The summed E-state index contributed by atoms with van der Waals surface area (Å²) in [6, 6.07) is 18.3. The lowest BCUT2D eigenvalue weighted by atomic mass is 10.1. The van der Waals surface area contributed by atoms with Crippen LogP contribution in [0.1, 0.15) is 22.3 Å². The summed E-state index contributed by atoms with van der Waals surface area (Å²) in [6.45, 7) is 0.0509. The number of benzene rings is 3. The fourth-order valence-corrected chi connectivity index (χ4v) is 4.09. The van der Waals surface area contributed by atoms with Crippen molar-refractivity contribution in [1.29, 1.82) is 0 Å². The molecule has 1 saturated heterocycles. The number of nitrogens with zero attached hydrogens (tertiary/aromatic N) is 2. The Morgan fingerprint density at radius 1 is 1.03 bits per heavy atom. The van der Waals surface area contributed by atoms with Gasteiger partial charge in [-0.3, -0.25) is 14.4 Å². The Kier molecular flexibility index (Phi) is 6.73. The van der Waals surface area contributed by atoms with Gasteiger partial charge in [-0.05, 0) is 88.8 Å². The van der Waals surface area contributed by atoms with Gasteiger partial charge in [-0.1, -0.05) is 12.1 Å². The van der Waals surface area contributed by atoms with E-state index in [-0.39, 0.29) is 18.9 Å². The van der Waals surface area contributed by atoms with E-state index in [0.29, 0.717) is 22.6 Å². The summed E-state index contributed by atoms with van der Waals surface area (Å²) in [4.78, 5) is 42.1. The lowest BCUT2D eigenvalue weighted by Crippen LogP contribution is -2.45. The van der Waals surface area contributed by atoms with Crippen molar-refractivity contribution in [2.45, 2.75) is 19.0 Å². The molecule has 1 heterocycles. The van der Waals surface area contributed by atoms with Gasteiger partial charge in [-0.25, -0.2) is 9.29 Å². The maximum absolute atomic E-state index is 13.5. The number of carbonyl (C=O) groups is 3. The van der Waals surface area contributed by atoms with Crippen LogP contribution >= 0.6 is 22.6 Å². The van der Waals surface area contributed by atoms with Gasteiger partial charge in [0.25, 0.3) is 11.8 Å². The van der Waals surface area contributed by atoms with Crippen LogP contribution in [0.3, 0.4) is 0 Å². The lowest BCUT2D eigenvalue weighted by molar-refractivity contribution is -0.122. The average molecular weight is 558 g/mol. The third kappa shape index (κ3) is 4.90. The number of carbonyl (C=O) groups excluding carboxylic acids is 3. The molecule has 4 rings (SSSR count). The third-order valence-corrected chi connectivity index (χ3v) is 6.17. The second-order valence-corrected chi connectivity index (χ2v) is 8.80. The molecular weight excluding hydrogens is 538 g/mol. The van der Waals surface area contributed by atoms with Gasteiger partial charge in [0.1, 0.15) is 17.6 Å². The molecule has 0 aliphatic carbocycles. The molecular formula is C25H20FIN2O4. The van der Waals surface area contributed by atoms with Crippen LogP contribution in [0.4, 0.5) is 10.1 Å². The fourth-order valence-electron chi connectivity index (χ4n) is 3.73. The lowest BCUT2D eigenvalue weighted by Gasteiger charge is -2.28. The van der Waals surface area contributed by atoms with Crippen molar-refractivity contribution in [1.82, 2.24) is 4.90 Å². The molecule has 1 aliphatic heterocycles. The second kappa shape index (κ2) is 9.70. The molecule has 3 aromatic carbocycles. The highest BCUT2D eigenvalue weighted by molar-refractivity contribution is 14.1. The van der Waals surface area contributed by atoms with Crippen molar-refractivity contribution in [3.8, 4) is 5.75 Å². The summed E-state index contributed by atoms with van der Waals surface area (Å²) in [5, 5.41) is 0. The van der Waals surface area contributed by atoms with E-state index >= 15 is 0 Å². The molecule has 1 unspecified atom stereocenters. The number of anilines is 1. The minimum atomic E-state index is -0.976. The van der Waals surface area contributed by atoms with Gasteiger partial charge in [-0.15, -0.1) is 0 Å². The maximum atomic E-state index is 13.5. The topological polar surface area (TPSA) is 66.9 Å². The first-order chi connectivity index (χ1) is 15.9. The van der Waals surface area contributed by atoms with Crippen LogP contribution in [0.5, 0.6) is 5.75 Å². The Balaban J connectivity index is 1.67. The highest BCUT2D eigenvalue weighted by Gasteiger charge is 2.44. The quantitative estimate of drug-likeness (QED) is 0.332. The van der Waals surface area contributed by atoms with Crippen LogP contribution in [-0.2, 0) is 16.1 Å². The molecule has 33 heavy (non-hydrogen) atoms. The molecule has 0 aromatic heterocycles. The SMILES string of the molecule is COc1ccc(C(=O)N(Cc2ccc(F)cc2)C2CC(=O)N(c3ccc(I)cc3)C2=O)cc1. The second-order valence-electron chi connectivity index (χ2n) is 7.55. The van der Waals surface area contributed by atoms with Gasteiger partial charge in [0, 0.05) is 15.7 Å². The largest absolute Gasteiger partial charge is 0.497 e. The van der Waals surface area contributed by atoms with Crippen LogP contribution < -0.4 is 9.64 Å². The molecule has 168 valence electrons. The minimum absolute atomic E-state index is 0.0509. The predicted molar refractivity (Wildman–Crippen MR) is 129 cm³/mol. The Labute approximate surface area is 204 Å². The van der Waals surface area contributed by atoms with Crippen molar-refractivity contribution in [3.05, 3.63) is 93.3 Å². The van der Waals surface area contributed by atoms with Gasteiger partial charge in [0.15, 0.2) is 0 Å². The zero-order chi connectivity index (χ0) is 23.5. The summed E-state index contributed by atoms with van der Waals surface area (Å²) < 4.78 is 19.5. The zero-order valence-electron chi connectivity index (χ0n) is 17.7. The number of hydrogen-bond donors (Lipinski definition) is 0. The molecule has 6 nitrogen and oxygen atoms in total. The van der Waals surface area contributed by atoms with Gasteiger partial charge in [0.2, 0.25) is 5.91 Å². The van der Waals surface area contributed by atoms with Gasteiger partial charge in [-0.2, -0.15) is 0 Å². The fraction of sp³-hybridized carbons (Fsp3) is 0.160. The van der Waals surface area contributed by atoms with E-state index in [4.69, 9.17) is 4.74 Å². The molecule has 8 heteroatoms. The maximum Gasteiger partial charge on any atom is 0.257 e. The highest BCUT2D eigenvalue weighted by Crippen LogP contribution is 2.28. The Morgan fingerprint density at radius 3 is 2.27 bits per heavy atom. The number of hydrogen-bond acceptors (Lipinski definition) is 4. The number of halogens is 2. The number of amides is 3. The van der Waals surface area contributed by atoms with Gasteiger partial charge < -0.3 is 9.64 Å². The van der Waals surface area contributed by atoms with E-state index in [1.807, 2.05) is 12.1 Å². The van der Waals surface area contributed by atoms with Crippen molar-refractivity contribution < 1.29 is 23.5 Å². The molecule has 0 N–H and O–H groups in total. The molecule has 0 saturated carbocycles. The summed E-state index contributed by atoms with van der Waals surface area (Å²) in [7, 11) is 1.53. The van der Waals surface area contributed by atoms with Crippen LogP contribution in [0, 0.1) is 9.39 Å². The normalized spacial score (nSPS) is 15.6. The molecule has 3 aromatic rings. The molecule has 0 bridgehead atoms. The number of methoxy groups -OCH3 is 1. The van der Waals surface area contributed by atoms with Crippen LogP contribution in [0.15, 0.2) is 72.8 Å². The van der Waals surface area contributed by atoms with E-state index in [1.54, 1.807) is 48.5 Å². The Bertz CT molecular complexity index is 1180. The molecule has 1 aliphatic rings. The number of imide groups is 1. The monoisotopic (exact) mass is 558 g/mol. The Hall–Kier alpha value is -3.27. The van der Waals surface area contributed by atoms with Crippen LogP contribution in [0.2, 0.25) is 0 Å². The standard InChI is InChI=1S/C25H20FIN2O4/c1-33-21-12-4-17(5-13-21)24(31)28(15-16-2-6-18(26)7-3-16)22-14-23(30)29(25(22)32)20-10-8-19(27)9-11-20/h2-13,22H,14-15H2,1H3. The summed E-state index contributed by atoms with van der Waals surface area (Å²) in [5.74, 6) is -1.06. The van der Waals surface area contributed by atoms with E-state index in [1.165, 1.54) is 24.1 Å². The van der Waals surface area contributed by atoms with Crippen LogP contribution in [-0.4, -0.2) is 35.8 Å². The molecule has 3 amide bonds.